The summed E-state index contributed by atoms with van der Waals surface area (Å²) in [6, 6.07) is 10.2. The van der Waals surface area contributed by atoms with E-state index in [4.69, 9.17) is 5.73 Å². The highest BCUT2D eigenvalue weighted by molar-refractivity contribution is 5.74. The summed E-state index contributed by atoms with van der Waals surface area (Å²) in [5.41, 5.74) is 6.62. The van der Waals surface area contributed by atoms with Crippen LogP contribution in [0.15, 0.2) is 42.5 Å². The Labute approximate surface area is 146 Å². The summed E-state index contributed by atoms with van der Waals surface area (Å²) in [5, 5.41) is 13.6. The van der Waals surface area contributed by atoms with Crippen LogP contribution in [0.5, 0.6) is 0 Å². The van der Waals surface area contributed by atoms with Gasteiger partial charge >= 0.3 is 6.18 Å². The molecule has 0 saturated heterocycles. The Morgan fingerprint density at radius 3 is 2.35 bits per heavy atom. The van der Waals surface area contributed by atoms with E-state index in [9.17, 15) is 22.8 Å². The molecule has 8 heteroatoms. The number of aryl methyl sites for hydroxylation is 1. The van der Waals surface area contributed by atoms with Crippen molar-refractivity contribution in [3.63, 3.8) is 0 Å². The SMILES string of the molecule is Cc1ccc(F)cc1-n1nc(-c2ccc(C(F)(F)F)cc2)c(C#N)c1N. The van der Waals surface area contributed by atoms with E-state index in [1.165, 1.54) is 35.0 Å². The van der Waals surface area contributed by atoms with Crippen LogP contribution in [-0.4, -0.2) is 9.78 Å². The highest BCUT2D eigenvalue weighted by Gasteiger charge is 2.30. The molecule has 0 aliphatic rings. The Hall–Kier alpha value is -3.34. The second kappa shape index (κ2) is 6.19. The number of alkyl halides is 3. The average molecular weight is 360 g/mol. The lowest BCUT2D eigenvalue weighted by Gasteiger charge is -2.08. The molecule has 0 aliphatic carbocycles. The Bertz CT molecular complexity index is 1010. The minimum absolute atomic E-state index is 0.00780. The fourth-order valence-corrected chi connectivity index (χ4v) is 2.55. The standard InChI is InChI=1S/C18H12F4N4/c1-10-2-7-13(19)8-15(10)26-17(24)14(9-23)16(25-26)11-3-5-12(6-4-11)18(20,21)22/h2-8H,24H2,1H3. The number of nitrogen functional groups attached to an aromatic ring is 1. The second-order valence-corrected chi connectivity index (χ2v) is 5.64. The van der Waals surface area contributed by atoms with Gasteiger partial charge in [-0.1, -0.05) is 18.2 Å². The van der Waals surface area contributed by atoms with E-state index < -0.39 is 17.6 Å². The van der Waals surface area contributed by atoms with Gasteiger partial charge in [-0.3, -0.25) is 0 Å². The van der Waals surface area contributed by atoms with Crippen molar-refractivity contribution in [3.8, 4) is 23.0 Å². The van der Waals surface area contributed by atoms with Gasteiger partial charge < -0.3 is 5.73 Å². The Morgan fingerprint density at radius 2 is 1.77 bits per heavy atom. The van der Waals surface area contributed by atoms with Crippen LogP contribution in [0.1, 0.15) is 16.7 Å². The van der Waals surface area contributed by atoms with Crippen LogP contribution in [0.4, 0.5) is 23.4 Å². The number of aromatic nitrogens is 2. The van der Waals surface area contributed by atoms with Crippen molar-refractivity contribution in [2.75, 3.05) is 5.73 Å². The van der Waals surface area contributed by atoms with Crippen LogP contribution in [0.25, 0.3) is 16.9 Å². The number of hydrogen-bond acceptors (Lipinski definition) is 3. The number of rotatable bonds is 2. The third-order valence-electron chi connectivity index (χ3n) is 3.92. The molecule has 1 heterocycles. The van der Waals surface area contributed by atoms with Crippen LogP contribution in [-0.2, 0) is 6.18 Å². The number of nitrogens with two attached hydrogens (primary N) is 1. The normalized spacial score (nSPS) is 11.4. The smallest absolute Gasteiger partial charge is 0.382 e. The van der Waals surface area contributed by atoms with Crippen LogP contribution >= 0.6 is 0 Å². The van der Waals surface area contributed by atoms with Gasteiger partial charge in [0.05, 0.1) is 11.3 Å². The fraction of sp³-hybridized carbons (Fsp3) is 0.111. The molecule has 0 radical (unpaired) electrons. The topological polar surface area (TPSA) is 67.6 Å². The molecule has 2 aromatic carbocycles. The quantitative estimate of drug-likeness (QED) is 0.686. The minimum Gasteiger partial charge on any atom is -0.382 e. The van der Waals surface area contributed by atoms with Gasteiger partial charge in [0.2, 0.25) is 0 Å². The summed E-state index contributed by atoms with van der Waals surface area (Å²) in [4.78, 5) is 0. The minimum atomic E-state index is -4.46. The maximum Gasteiger partial charge on any atom is 0.416 e. The Morgan fingerprint density at radius 1 is 1.12 bits per heavy atom. The number of nitriles is 1. The van der Waals surface area contributed by atoms with Gasteiger partial charge in [0.1, 0.15) is 29.0 Å². The van der Waals surface area contributed by atoms with Gasteiger partial charge in [-0.25, -0.2) is 9.07 Å². The number of anilines is 1. The zero-order valence-corrected chi connectivity index (χ0v) is 13.5. The predicted octanol–water partition coefficient (Wildman–Crippen LogP) is 4.46. The van der Waals surface area contributed by atoms with E-state index in [-0.39, 0.29) is 17.1 Å². The third kappa shape index (κ3) is 2.99. The molecular weight excluding hydrogens is 348 g/mol. The van der Waals surface area contributed by atoms with E-state index in [1.807, 2.05) is 6.07 Å². The van der Waals surface area contributed by atoms with Crippen molar-refractivity contribution >= 4 is 5.82 Å². The molecular formula is C18H12F4N4. The van der Waals surface area contributed by atoms with E-state index in [0.29, 0.717) is 16.8 Å². The first-order valence-electron chi connectivity index (χ1n) is 7.45. The number of benzene rings is 2. The maximum atomic E-state index is 13.6. The first-order valence-corrected chi connectivity index (χ1v) is 7.45. The van der Waals surface area contributed by atoms with Gasteiger partial charge in [-0.05, 0) is 36.8 Å². The first kappa shape index (κ1) is 17.5. The van der Waals surface area contributed by atoms with Crippen molar-refractivity contribution in [1.29, 1.82) is 5.26 Å². The van der Waals surface area contributed by atoms with Gasteiger partial charge in [0, 0.05) is 5.56 Å². The summed E-state index contributed by atoms with van der Waals surface area (Å²) >= 11 is 0. The van der Waals surface area contributed by atoms with Crippen molar-refractivity contribution in [3.05, 3.63) is 65.0 Å². The lowest BCUT2D eigenvalue weighted by Crippen LogP contribution is -2.05. The summed E-state index contributed by atoms with van der Waals surface area (Å²) in [7, 11) is 0. The molecule has 0 fully saturated rings. The molecule has 0 atom stereocenters. The van der Waals surface area contributed by atoms with E-state index in [0.717, 1.165) is 12.1 Å². The second-order valence-electron chi connectivity index (χ2n) is 5.64. The van der Waals surface area contributed by atoms with Crippen LogP contribution < -0.4 is 5.73 Å². The number of hydrogen-bond donors (Lipinski definition) is 1. The molecule has 132 valence electrons. The number of nitrogens with zero attached hydrogens (tertiary/aromatic N) is 3. The highest BCUT2D eigenvalue weighted by atomic mass is 19.4. The summed E-state index contributed by atoms with van der Waals surface area (Å²) in [6.45, 7) is 1.72. The third-order valence-corrected chi connectivity index (χ3v) is 3.92. The van der Waals surface area contributed by atoms with Gasteiger partial charge in [0.25, 0.3) is 0 Å². The molecule has 0 spiro atoms. The maximum absolute atomic E-state index is 13.6. The van der Waals surface area contributed by atoms with E-state index >= 15 is 0 Å². The molecule has 2 N–H and O–H groups in total. The van der Waals surface area contributed by atoms with Crippen molar-refractivity contribution in [1.82, 2.24) is 9.78 Å². The zero-order valence-electron chi connectivity index (χ0n) is 13.5. The largest absolute Gasteiger partial charge is 0.416 e. The number of halogens is 4. The molecule has 3 aromatic rings. The van der Waals surface area contributed by atoms with Crippen molar-refractivity contribution in [2.24, 2.45) is 0 Å². The monoisotopic (exact) mass is 360 g/mol. The molecule has 4 nitrogen and oxygen atoms in total. The molecule has 1 aromatic heterocycles. The molecule has 0 unspecified atom stereocenters. The average Bonchev–Trinajstić information content (AvgIpc) is 2.93. The van der Waals surface area contributed by atoms with Gasteiger partial charge in [0.15, 0.2) is 0 Å². The molecule has 0 amide bonds. The molecule has 3 rings (SSSR count). The van der Waals surface area contributed by atoms with Crippen LogP contribution in [0, 0.1) is 24.1 Å². The Kier molecular flexibility index (Phi) is 4.16. The summed E-state index contributed by atoms with van der Waals surface area (Å²) in [6.07, 6.45) is -4.46. The summed E-state index contributed by atoms with van der Waals surface area (Å²) < 4.78 is 52.9. The van der Waals surface area contributed by atoms with Crippen LogP contribution in [0.3, 0.4) is 0 Å². The molecule has 0 aliphatic heterocycles. The van der Waals surface area contributed by atoms with Crippen molar-refractivity contribution in [2.45, 2.75) is 13.1 Å². The van der Waals surface area contributed by atoms with E-state index in [2.05, 4.69) is 5.10 Å². The molecule has 0 bridgehead atoms. The summed E-state index contributed by atoms with van der Waals surface area (Å²) in [5.74, 6) is -0.522. The zero-order chi connectivity index (χ0) is 19.1. The van der Waals surface area contributed by atoms with Crippen molar-refractivity contribution < 1.29 is 17.6 Å². The van der Waals surface area contributed by atoms with E-state index in [1.54, 1.807) is 6.92 Å². The predicted molar refractivity (Wildman–Crippen MR) is 87.8 cm³/mol. The van der Waals surface area contributed by atoms with Gasteiger partial charge in [-0.2, -0.15) is 23.5 Å². The molecule has 0 saturated carbocycles. The first-order chi connectivity index (χ1) is 12.2. The lowest BCUT2D eigenvalue weighted by molar-refractivity contribution is -0.137. The fourth-order valence-electron chi connectivity index (χ4n) is 2.55. The van der Waals surface area contributed by atoms with Crippen LogP contribution in [0.2, 0.25) is 0 Å². The molecule has 26 heavy (non-hydrogen) atoms. The Balaban J connectivity index is 2.15. The highest BCUT2D eigenvalue weighted by Crippen LogP contribution is 2.33. The lowest BCUT2D eigenvalue weighted by atomic mass is 10.1. The van der Waals surface area contributed by atoms with Gasteiger partial charge in [-0.15, -0.1) is 0 Å².